The predicted octanol–water partition coefficient (Wildman–Crippen LogP) is 4.72. The molecule has 0 unspecified atom stereocenters. The summed E-state index contributed by atoms with van der Waals surface area (Å²) < 4.78 is 15.7. The molecule has 2 amide bonds. The van der Waals surface area contributed by atoms with Crippen molar-refractivity contribution < 1.29 is 14.0 Å². The van der Waals surface area contributed by atoms with Crippen LogP contribution in [0.5, 0.6) is 0 Å². The lowest BCUT2D eigenvalue weighted by atomic mass is 9.92. The first kappa shape index (κ1) is 23.2. The minimum Gasteiger partial charge on any atom is -0.330 e. The van der Waals surface area contributed by atoms with E-state index in [1.807, 2.05) is 58.0 Å². The molecule has 1 aromatic heterocycles. The number of aromatic nitrogens is 2. The topological polar surface area (TPSA) is 67.2 Å². The molecule has 0 saturated carbocycles. The van der Waals surface area contributed by atoms with Crippen molar-refractivity contribution in [2.24, 2.45) is 0 Å². The third-order valence-corrected chi connectivity index (χ3v) is 5.10. The number of rotatable bonds is 6. The Labute approximate surface area is 188 Å². The summed E-state index contributed by atoms with van der Waals surface area (Å²) in [6.07, 6.45) is 0. The monoisotopic (exact) mass is 436 g/mol. The highest BCUT2D eigenvalue weighted by Crippen LogP contribution is 2.26. The summed E-state index contributed by atoms with van der Waals surface area (Å²) in [5, 5.41) is 7.59. The number of nitrogens with one attached hydrogen (secondary N) is 1. The Hall–Kier alpha value is -3.48. The Bertz CT molecular complexity index is 1130. The minimum absolute atomic E-state index is 0.0537. The van der Waals surface area contributed by atoms with E-state index in [2.05, 4.69) is 5.32 Å². The largest absolute Gasteiger partial charge is 0.330 e. The van der Waals surface area contributed by atoms with Crippen LogP contribution in [0.3, 0.4) is 0 Å². The molecule has 0 saturated heterocycles. The van der Waals surface area contributed by atoms with E-state index in [0.29, 0.717) is 5.82 Å². The number of hydrogen-bond donors (Lipinski definition) is 1. The zero-order chi connectivity index (χ0) is 23.5. The maximum absolute atomic E-state index is 14.0. The van der Waals surface area contributed by atoms with Gasteiger partial charge in [0.05, 0.1) is 16.9 Å². The van der Waals surface area contributed by atoms with Gasteiger partial charge in [0.25, 0.3) is 5.91 Å². The quantitative estimate of drug-likeness (QED) is 0.608. The van der Waals surface area contributed by atoms with E-state index in [9.17, 15) is 14.0 Å². The van der Waals surface area contributed by atoms with Gasteiger partial charge < -0.3 is 10.2 Å². The molecular weight excluding hydrogens is 407 g/mol. The van der Waals surface area contributed by atoms with Gasteiger partial charge in [-0.1, -0.05) is 45.0 Å². The highest BCUT2D eigenvalue weighted by molar-refractivity contribution is 5.99. The Balaban J connectivity index is 1.85. The third-order valence-electron chi connectivity index (χ3n) is 5.10. The fraction of sp³-hybridized carbons (Fsp3) is 0.320. The highest BCUT2D eigenvalue weighted by atomic mass is 19.1. The first-order valence-electron chi connectivity index (χ1n) is 10.6. The number of halogens is 1. The van der Waals surface area contributed by atoms with Crippen molar-refractivity contribution in [3.63, 3.8) is 0 Å². The number of amides is 2. The molecule has 0 aliphatic rings. The molecule has 7 heteroatoms. The normalized spacial score (nSPS) is 11.3. The Morgan fingerprint density at radius 3 is 2.44 bits per heavy atom. The highest BCUT2D eigenvalue weighted by Gasteiger charge is 2.24. The van der Waals surface area contributed by atoms with Gasteiger partial charge in [0.15, 0.2) is 0 Å². The number of likely N-dealkylation sites (N-methyl/N-ethyl adjacent to an activating group) is 1. The Morgan fingerprint density at radius 2 is 1.81 bits per heavy atom. The fourth-order valence-corrected chi connectivity index (χ4v) is 3.28. The second-order valence-electron chi connectivity index (χ2n) is 8.76. The van der Waals surface area contributed by atoms with Crippen molar-refractivity contribution in [1.82, 2.24) is 14.7 Å². The van der Waals surface area contributed by atoms with Gasteiger partial charge in [-0.25, -0.2) is 9.07 Å². The lowest BCUT2D eigenvalue weighted by Crippen LogP contribution is -2.38. The second kappa shape index (κ2) is 9.34. The number of hydrogen-bond acceptors (Lipinski definition) is 3. The molecule has 0 spiro atoms. The average Bonchev–Trinajstić information content (AvgIpc) is 3.16. The van der Waals surface area contributed by atoms with Crippen LogP contribution in [0.15, 0.2) is 54.6 Å². The lowest BCUT2D eigenvalue weighted by molar-refractivity contribution is -0.116. The van der Waals surface area contributed by atoms with Crippen molar-refractivity contribution in [3.05, 3.63) is 77.2 Å². The molecule has 0 aliphatic carbocycles. The summed E-state index contributed by atoms with van der Waals surface area (Å²) in [6.45, 7) is 9.96. The average molecular weight is 437 g/mol. The van der Waals surface area contributed by atoms with Crippen LogP contribution in [0.2, 0.25) is 0 Å². The van der Waals surface area contributed by atoms with E-state index in [-0.39, 0.29) is 30.0 Å². The Morgan fingerprint density at radius 1 is 1.09 bits per heavy atom. The predicted molar refractivity (Wildman–Crippen MR) is 124 cm³/mol. The number of carbonyl (C=O) groups is 2. The molecule has 0 radical (unpaired) electrons. The molecule has 3 aromatic rings. The van der Waals surface area contributed by atoms with Crippen LogP contribution in [0.1, 0.15) is 49.3 Å². The third kappa shape index (κ3) is 5.22. The summed E-state index contributed by atoms with van der Waals surface area (Å²) >= 11 is 0. The van der Waals surface area contributed by atoms with E-state index in [0.717, 1.165) is 16.9 Å². The molecular formula is C25H29FN4O2. The van der Waals surface area contributed by atoms with Crippen molar-refractivity contribution in [3.8, 4) is 5.69 Å². The van der Waals surface area contributed by atoms with E-state index in [4.69, 9.17) is 5.10 Å². The van der Waals surface area contributed by atoms with E-state index >= 15 is 0 Å². The zero-order valence-corrected chi connectivity index (χ0v) is 19.1. The van der Waals surface area contributed by atoms with Crippen LogP contribution in [0, 0.1) is 12.7 Å². The molecule has 6 nitrogen and oxygen atoms in total. The van der Waals surface area contributed by atoms with Gasteiger partial charge >= 0.3 is 0 Å². The summed E-state index contributed by atoms with van der Waals surface area (Å²) in [5.41, 5.74) is 2.45. The van der Waals surface area contributed by atoms with Crippen molar-refractivity contribution in [1.29, 1.82) is 0 Å². The molecule has 32 heavy (non-hydrogen) atoms. The molecule has 1 N–H and O–H groups in total. The van der Waals surface area contributed by atoms with E-state index in [1.54, 1.807) is 17.7 Å². The summed E-state index contributed by atoms with van der Waals surface area (Å²) in [7, 11) is 0. The maximum atomic E-state index is 14.0. The van der Waals surface area contributed by atoms with Gasteiger partial charge in [0.1, 0.15) is 18.2 Å². The molecule has 3 rings (SSSR count). The number of carbonyl (C=O) groups excluding carboxylic acids is 2. The number of aryl methyl sites for hydroxylation is 1. The van der Waals surface area contributed by atoms with Crippen LogP contribution >= 0.6 is 0 Å². The van der Waals surface area contributed by atoms with Crippen LogP contribution in [-0.4, -0.2) is 39.6 Å². The fourth-order valence-electron chi connectivity index (χ4n) is 3.28. The first-order chi connectivity index (χ1) is 15.1. The zero-order valence-electron chi connectivity index (χ0n) is 19.1. The SMILES string of the molecule is CCN(CC(=O)Nc1cc(C(C)(C)C)nn1-c1cccc(C)c1)C(=O)c1ccccc1F. The van der Waals surface area contributed by atoms with Crippen LogP contribution in [0.4, 0.5) is 10.2 Å². The smallest absolute Gasteiger partial charge is 0.257 e. The van der Waals surface area contributed by atoms with Gasteiger partial charge in [0.2, 0.25) is 5.91 Å². The summed E-state index contributed by atoms with van der Waals surface area (Å²) in [4.78, 5) is 26.9. The molecule has 0 fully saturated rings. The van der Waals surface area contributed by atoms with Crippen molar-refractivity contribution in [2.45, 2.75) is 40.0 Å². The minimum atomic E-state index is -0.608. The molecule has 168 valence electrons. The van der Waals surface area contributed by atoms with Crippen LogP contribution in [-0.2, 0) is 10.2 Å². The molecule has 1 heterocycles. The lowest BCUT2D eigenvalue weighted by Gasteiger charge is -2.20. The molecule has 0 aliphatic heterocycles. The van der Waals surface area contributed by atoms with Gasteiger partial charge in [-0.05, 0) is 43.7 Å². The second-order valence-corrected chi connectivity index (χ2v) is 8.76. The van der Waals surface area contributed by atoms with Crippen LogP contribution in [0.25, 0.3) is 5.69 Å². The molecule has 2 aromatic carbocycles. The van der Waals surface area contributed by atoms with Gasteiger partial charge in [-0.3, -0.25) is 9.59 Å². The summed E-state index contributed by atoms with van der Waals surface area (Å²) in [6, 6.07) is 15.4. The Kier molecular flexibility index (Phi) is 6.77. The molecule has 0 atom stereocenters. The van der Waals surface area contributed by atoms with Gasteiger partial charge in [-0.2, -0.15) is 5.10 Å². The number of nitrogens with zero attached hydrogens (tertiary/aromatic N) is 3. The van der Waals surface area contributed by atoms with Crippen molar-refractivity contribution >= 4 is 17.6 Å². The summed E-state index contributed by atoms with van der Waals surface area (Å²) in [5.74, 6) is -1.00. The van der Waals surface area contributed by atoms with Crippen molar-refractivity contribution in [2.75, 3.05) is 18.4 Å². The van der Waals surface area contributed by atoms with E-state index in [1.165, 1.54) is 23.1 Å². The first-order valence-corrected chi connectivity index (χ1v) is 10.6. The molecule has 0 bridgehead atoms. The standard InChI is InChI=1S/C25H29FN4O2/c1-6-29(24(32)19-12-7-8-13-20(19)26)16-23(31)27-22-15-21(25(3,4)5)28-30(22)18-11-9-10-17(2)14-18/h7-15H,6,16H2,1-5H3,(H,27,31). The number of anilines is 1. The van der Waals surface area contributed by atoms with Crippen LogP contribution < -0.4 is 5.32 Å². The van der Waals surface area contributed by atoms with Gasteiger partial charge in [0, 0.05) is 18.0 Å². The van der Waals surface area contributed by atoms with E-state index < -0.39 is 11.7 Å². The number of benzene rings is 2. The van der Waals surface area contributed by atoms with Gasteiger partial charge in [-0.15, -0.1) is 0 Å². The maximum Gasteiger partial charge on any atom is 0.257 e.